The van der Waals surface area contributed by atoms with Gasteiger partial charge in [0.25, 0.3) is 0 Å². The number of nitrogens with zero attached hydrogens (tertiary/aromatic N) is 2. The molecule has 2 aromatic rings. The lowest BCUT2D eigenvalue weighted by Crippen LogP contribution is -2.42. The van der Waals surface area contributed by atoms with E-state index < -0.39 is 0 Å². The Morgan fingerprint density at radius 2 is 1.77 bits per heavy atom. The van der Waals surface area contributed by atoms with Gasteiger partial charge in [0.2, 0.25) is 0 Å². The Hall–Kier alpha value is -2.15. The number of hydrogen-bond donors (Lipinski definition) is 0. The molecule has 2 aliphatic rings. The van der Waals surface area contributed by atoms with Crippen molar-refractivity contribution in [2.75, 3.05) is 13.1 Å². The maximum Gasteiger partial charge on any atom is 0.0967 e. The maximum atomic E-state index is 8.83. The Kier molecular flexibility index (Phi) is 5.06. The van der Waals surface area contributed by atoms with E-state index in [1.165, 1.54) is 16.7 Å². The fourth-order valence-electron chi connectivity index (χ4n) is 4.47. The highest BCUT2D eigenvalue weighted by Crippen LogP contribution is 2.50. The highest BCUT2D eigenvalue weighted by molar-refractivity contribution is 5.38. The quantitative estimate of drug-likeness (QED) is 0.719. The lowest BCUT2D eigenvalue weighted by atomic mass is 9.83. The zero-order valence-corrected chi connectivity index (χ0v) is 15.2. The number of unbranched alkanes of at least 4 members (excludes halogenated alkanes) is 1. The molecule has 1 spiro atoms. The van der Waals surface area contributed by atoms with Crippen LogP contribution in [0.4, 0.5) is 0 Å². The van der Waals surface area contributed by atoms with Crippen molar-refractivity contribution >= 4 is 0 Å². The van der Waals surface area contributed by atoms with Crippen LogP contribution in [-0.2, 0) is 16.9 Å². The molecule has 1 atom stereocenters. The smallest absolute Gasteiger partial charge is 0.0967 e. The lowest BCUT2D eigenvalue weighted by Gasteiger charge is -2.40. The molecule has 134 valence electrons. The Labute approximate surface area is 156 Å². The zero-order valence-electron chi connectivity index (χ0n) is 15.2. The number of likely N-dealkylation sites (tertiary alicyclic amines) is 1. The van der Waals surface area contributed by atoms with E-state index in [4.69, 9.17) is 10.00 Å². The van der Waals surface area contributed by atoms with Gasteiger partial charge in [0.05, 0.1) is 17.8 Å². The van der Waals surface area contributed by atoms with Crippen LogP contribution in [0.1, 0.15) is 54.9 Å². The predicted octanol–water partition coefficient (Wildman–Crippen LogP) is 4.94. The maximum absolute atomic E-state index is 8.83. The molecule has 1 saturated heterocycles. The van der Waals surface area contributed by atoms with Crippen LogP contribution < -0.4 is 0 Å². The minimum atomic E-state index is -0.124. The highest BCUT2D eigenvalue weighted by Gasteiger charge is 2.46. The summed E-state index contributed by atoms with van der Waals surface area (Å²) in [6, 6.07) is 21.7. The summed E-state index contributed by atoms with van der Waals surface area (Å²) in [5.41, 5.74) is 4.00. The zero-order chi connectivity index (χ0) is 17.8. The van der Waals surface area contributed by atoms with Crippen LogP contribution in [0.2, 0.25) is 0 Å². The van der Waals surface area contributed by atoms with Gasteiger partial charge in [-0.15, -0.1) is 0 Å². The van der Waals surface area contributed by atoms with Crippen molar-refractivity contribution in [2.24, 2.45) is 0 Å². The number of rotatable bonds is 5. The van der Waals surface area contributed by atoms with Gasteiger partial charge in [-0.1, -0.05) is 54.6 Å². The molecule has 2 aliphatic heterocycles. The van der Waals surface area contributed by atoms with Gasteiger partial charge in [-0.3, -0.25) is 4.90 Å². The number of fused-ring (bicyclic) bond motifs is 2. The molecule has 1 unspecified atom stereocenters. The first-order valence-corrected chi connectivity index (χ1v) is 9.71. The normalized spacial score (nSPS) is 21.4. The average Bonchev–Trinajstić information content (AvgIpc) is 2.99. The topological polar surface area (TPSA) is 36.3 Å². The Balaban J connectivity index is 1.45. The number of nitriles is 1. The number of hydrogen-bond acceptors (Lipinski definition) is 3. The van der Waals surface area contributed by atoms with Crippen molar-refractivity contribution in [3.8, 4) is 6.07 Å². The number of ether oxygens (including phenoxy) is 1. The molecule has 4 rings (SSSR count). The third kappa shape index (κ3) is 3.40. The fourth-order valence-corrected chi connectivity index (χ4v) is 4.47. The first-order valence-electron chi connectivity index (χ1n) is 9.71. The molecule has 2 aromatic carbocycles. The molecular formula is C23H26N2O. The third-order valence-corrected chi connectivity index (χ3v) is 5.83. The van der Waals surface area contributed by atoms with Crippen molar-refractivity contribution in [1.29, 1.82) is 5.26 Å². The van der Waals surface area contributed by atoms with Gasteiger partial charge in [-0.05, 0) is 42.4 Å². The van der Waals surface area contributed by atoms with Crippen molar-refractivity contribution in [3.05, 3.63) is 71.3 Å². The van der Waals surface area contributed by atoms with Gasteiger partial charge in [0.1, 0.15) is 0 Å². The van der Waals surface area contributed by atoms with Crippen molar-refractivity contribution in [3.63, 3.8) is 0 Å². The van der Waals surface area contributed by atoms with Crippen LogP contribution in [0.25, 0.3) is 0 Å². The minimum absolute atomic E-state index is 0.124. The van der Waals surface area contributed by atoms with Crippen LogP contribution >= 0.6 is 0 Å². The van der Waals surface area contributed by atoms with E-state index in [1.807, 2.05) is 0 Å². The molecule has 26 heavy (non-hydrogen) atoms. The Morgan fingerprint density at radius 3 is 2.54 bits per heavy atom. The summed E-state index contributed by atoms with van der Waals surface area (Å²) in [6.07, 6.45) is 4.71. The first kappa shape index (κ1) is 17.3. The highest BCUT2D eigenvalue weighted by atomic mass is 16.5. The summed E-state index contributed by atoms with van der Waals surface area (Å²) >= 11 is 0. The van der Waals surface area contributed by atoms with Crippen molar-refractivity contribution in [2.45, 2.75) is 50.4 Å². The molecule has 1 fully saturated rings. The fraction of sp³-hybridized carbons (Fsp3) is 0.435. The molecule has 0 aliphatic carbocycles. The van der Waals surface area contributed by atoms with Crippen LogP contribution in [0, 0.1) is 11.3 Å². The van der Waals surface area contributed by atoms with Crippen LogP contribution in [0.3, 0.4) is 0 Å². The van der Waals surface area contributed by atoms with Gasteiger partial charge in [-0.2, -0.15) is 5.26 Å². The van der Waals surface area contributed by atoms with Gasteiger partial charge in [0, 0.05) is 26.1 Å². The second-order valence-electron chi connectivity index (χ2n) is 7.50. The number of piperidine rings is 1. The van der Waals surface area contributed by atoms with Crippen LogP contribution in [0.15, 0.2) is 54.6 Å². The first-order chi connectivity index (χ1) is 12.8. The van der Waals surface area contributed by atoms with Crippen LogP contribution in [0.5, 0.6) is 0 Å². The second-order valence-corrected chi connectivity index (χ2v) is 7.50. The minimum Gasteiger partial charge on any atom is -0.362 e. The summed E-state index contributed by atoms with van der Waals surface area (Å²) in [4.78, 5) is 2.54. The van der Waals surface area contributed by atoms with Gasteiger partial charge < -0.3 is 4.74 Å². The van der Waals surface area contributed by atoms with Crippen molar-refractivity contribution in [1.82, 2.24) is 4.90 Å². The van der Waals surface area contributed by atoms with E-state index in [0.29, 0.717) is 6.42 Å². The standard InChI is InChI=1S/C23H26N2O/c24-15-7-6-12-22-20-10-4-5-11-21(20)23(26-22)13-16-25(17-14-23)18-19-8-2-1-3-9-19/h1-5,8-11,22H,6-7,12-14,16-18H2. The second kappa shape index (κ2) is 7.61. The summed E-state index contributed by atoms with van der Waals surface area (Å²) in [6.45, 7) is 3.15. The monoisotopic (exact) mass is 346 g/mol. The van der Waals surface area contributed by atoms with Crippen LogP contribution in [-0.4, -0.2) is 18.0 Å². The Morgan fingerprint density at radius 1 is 1.04 bits per heavy atom. The largest absolute Gasteiger partial charge is 0.362 e. The molecule has 0 bridgehead atoms. The third-order valence-electron chi connectivity index (χ3n) is 5.83. The van der Waals surface area contributed by atoms with E-state index in [-0.39, 0.29) is 11.7 Å². The SMILES string of the molecule is N#CCCCC1OC2(CCN(Cc3ccccc3)CC2)c2ccccc21. The van der Waals surface area contributed by atoms with Crippen molar-refractivity contribution < 1.29 is 4.74 Å². The van der Waals surface area contributed by atoms with Gasteiger partial charge in [0.15, 0.2) is 0 Å². The lowest BCUT2D eigenvalue weighted by molar-refractivity contribution is -0.113. The summed E-state index contributed by atoms with van der Waals surface area (Å²) in [5, 5.41) is 8.83. The summed E-state index contributed by atoms with van der Waals surface area (Å²) in [5.74, 6) is 0. The Bertz CT molecular complexity index is 772. The van der Waals surface area contributed by atoms with E-state index in [2.05, 4.69) is 65.6 Å². The molecule has 3 nitrogen and oxygen atoms in total. The van der Waals surface area contributed by atoms with E-state index >= 15 is 0 Å². The van der Waals surface area contributed by atoms with Gasteiger partial charge in [-0.25, -0.2) is 0 Å². The predicted molar refractivity (Wildman–Crippen MR) is 102 cm³/mol. The van der Waals surface area contributed by atoms with E-state index in [9.17, 15) is 0 Å². The molecular weight excluding hydrogens is 320 g/mol. The molecule has 0 amide bonds. The molecule has 0 saturated carbocycles. The molecule has 3 heteroatoms. The van der Waals surface area contributed by atoms with E-state index in [1.54, 1.807) is 0 Å². The molecule has 0 radical (unpaired) electrons. The number of benzene rings is 2. The average molecular weight is 346 g/mol. The molecule has 2 heterocycles. The molecule has 0 aromatic heterocycles. The van der Waals surface area contributed by atoms with Gasteiger partial charge >= 0.3 is 0 Å². The van der Waals surface area contributed by atoms with E-state index in [0.717, 1.165) is 45.3 Å². The summed E-state index contributed by atoms with van der Waals surface area (Å²) < 4.78 is 6.67. The summed E-state index contributed by atoms with van der Waals surface area (Å²) in [7, 11) is 0. The molecule has 0 N–H and O–H groups in total.